The number of nitriles is 1. The standard InChI is InChI=1S/C13H14ClN3O3/c1-9(2)16(5-3-4-15)13(18)10-6-11(14)8-12(7-10)17(19)20/h6-9H,3,5H2,1-2H3. The van der Waals surface area contributed by atoms with Gasteiger partial charge in [0.1, 0.15) is 0 Å². The highest BCUT2D eigenvalue weighted by atomic mass is 35.5. The summed E-state index contributed by atoms with van der Waals surface area (Å²) < 4.78 is 0. The van der Waals surface area contributed by atoms with Crippen molar-refractivity contribution in [2.24, 2.45) is 0 Å². The highest BCUT2D eigenvalue weighted by Gasteiger charge is 2.21. The van der Waals surface area contributed by atoms with Crippen LogP contribution in [0.1, 0.15) is 30.6 Å². The molecule has 1 aromatic carbocycles. The zero-order valence-electron chi connectivity index (χ0n) is 11.2. The maximum Gasteiger partial charge on any atom is 0.271 e. The molecule has 0 radical (unpaired) electrons. The van der Waals surface area contributed by atoms with Gasteiger partial charge < -0.3 is 4.90 Å². The van der Waals surface area contributed by atoms with Gasteiger partial charge in [0.25, 0.3) is 11.6 Å². The lowest BCUT2D eigenvalue weighted by Crippen LogP contribution is -2.37. The Morgan fingerprint density at radius 1 is 1.50 bits per heavy atom. The summed E-state index contributed by atoms with van der Waals surface area (Å²) in [7, 11) is 0. The van der Waals surface area contributed by atoms with Crippen molar-refractivity contribution in [1.29, 1.82) is 5.26 Å². The number of rotatable bonds is 5. The molecule has 0 atom stereocenters. The van der Waals surface area contributed by atoms with Gasteiger partial charge in [-0.3, -0.25) is 14.9 Å². The average Bonchev–Trinajstić information content (AvgIpc) is 2.37. The number of amides is 1. The van der Waals surface area contributed by atoms with Gasteiger partial charge >= 0.3 is 0 Å². The molecule has 6 nitrogen and oxygen atoms in total. The van der Waals surface area contributed by atoms with Crippen LogP contribution < -0.4 is 0 Å². The molecule has 0 saturated carbocycles. The number of nitro groups is 1. The predicted octanol–water partition coefficient (Wildman–Crippen LogP) is 3.01. The summed E-state index contributed by atoms with van der Waals surface area (Å²) in [5, 5.41) is 19.5. The lowest BCUT2D eigenvalue weighted by atomic mass is 10.1. The molecule has 0 unspecified atom stereocenters. The van der Waals surface area contributed by atoms with Crippen molar-refractivity contribution in [1.82, 2.24) is 4.90 Å². The van der Waals surface area contributed by atoms with Crippen molar-refractivity contribution in [3.8, 4) is 6.07 Å². The summed E-state index contributed by atoms with van der Waals surface area (Å²) in [6.45, 7) is 3.90. The zero-order valence-corrected chi connectivity index (χ0v) is 11.9. The Balaban J connectivity index is 3.11. The number of hydrogen-bond donors (Lipinski definition) is 0. The molecule has 0 spiro atoms. The Morgan fingerprint density at radius 2 is 2.15 bits per heavy atom. The molecule has 0 aliphatic rings. The first kappa shape index (κ1) is 15.9. The number of nitrogens with zero attached hydrogens (tertiary/aromatic N) is 3. The van der Waals surface area contributed by atoms with E-state index in [0.717, 1.165) is 0 Å². The van der Waals surface area contributed by atoms with E-state index in [2.05, 4.69) is 0 Å². The first-order valence-corrected chi connectivity index (χ1v) is 6.37. The second-order valence-corrected chi connectivity index (χ2v) is 4.89. The van der Waals surface area contributed by atoms with Crippen molar-refractivity contribution >= 4 is 23.2 Å². The Hall–Kier alpha value is -2.13. The van der Waals surface area contributed by atoms with E-state index in [1.165, 1.54) is 23.1 Å². The summed E-state index contributed by atoms with van der Waals surface area (Å²) >= 11 is 5.80. The van der Waals surface area contributed by atoms with Crippen LogP contribution in [-0.2, 0) is 0 Å². The van der Waals surface area contributed by atoms with Gasteiger partial charge in [-0.05, 0) is 19.9 Å². The van der Waals surface area contributed by atoms with Crippen LogP contribution in [0.15, 0.2) is 18.2 Å². The Bertz CT molecular complexity index is 566. The van der Waals surface area contributed by atoms with Crippen LogP contribution in [0, 0.1) is 21.4 Å². The van der Waals surface area contributed by atoms with Gasteiger partial charge in [0, 0.05) is 35.3 Å². The van der Waals surface area contributed by atoms with Crippen LogP contribution in [0.2, 0.25) is 5.02 Å². The molecule has 20 heavy (non-hydrogen) atoms. The quantitative estimate of drug-likeness (QED) is 0.617. The van der Waals surface area contributed by atoms with Crippen molar-refractivity contribution in [2.45, 2.75) is 26.3 Å². The zero-order chi connectivity index (χ0) is 15.3. The topological polar surface area (TPSA) is 87.2 Å². The fourth-order valence-corrected chi connectivity index (χ4v) is 1.96. The molecule has 1 aromatic rings. The minimum absolute atomic E-state index is 0.117. The molecule has 0 saturated heterocycles. The van der Waals surface area contributed by atoms with E-state index in [0.29, 0.717) is 0 Å². The molecule has 0 aromatic heterocycles. The van der Waals surface area contributed by atoms with E-state index in [4.69, 9.17) is 16.9 Å². The smallest absolute Gasteiger partial charge is 0.271 e. The monoisotopic (exact) mass is 295 g/mol. The molecular weight excluding hydrogens is 282 g/mol. The summed E-state index contributed by atoms with van der Waals surface area (Å²) in [5.74, 6) is -0.374. The summed E-state index contributed by atoms with van der Waals surface area (Å²) in [5.41, 5.74) is -0.0827. The molecule has 0 aliphatic carbocycles. The van der Waals surface area contributed by atoms with Gasteiger partial charge in [0.15, 0.2) is 0 Å². The van der Waals surface area contributed by atoms with Gasteiger partial charge in [-0.1, -0.05) is 11.6 Å². The normalized spacial score (nSPS) is 10.2. The predicted molar refractivity (Wildman–Crippen MR) is 74.5 cm³/mol. The third-order valence-corrected chi connectivity index (χ3v) is 2.91. The Kier molecular flexibility index (Phi) is 5.47. The molecule has 1 amide bonds. The number of carbonyl (C=O) groups excluding carboxylic acids is 1. The first-order valence-electron chi connectivity index (χ1n) is 5.99. The minimum Gasteiger partial charge on any atom is -0.335 e. The molecule has 1 rings (SSSR count). The molecule has 0 aliphatic heterocycles. The van der Waals surface area contributed by atoms with Gasteiger partial charge in [-0.2, -0.15) is 5.26 Å². The highest BCUT2D eigenvalue weighted by Crippen LogP contribution is 2.22. The second-order valence-electron chi connectivity index (χ2n) is 4.46. The van der Waals surface area contributed by atoms with Crippen LogP contribution in [0.25, 0.3) is 0 Å². The van der Waals surface area contributed by atoms with Gasteiger partial charge in [-0.25, -0.2) is 0 Å². The number of non-ortho nitro benzene ring substituents is 1. The van der Waals surface area contributed by atoms with Crippen LogP contribution in [0.4, 0.5) is 5.69 Å². The number of hydrogen-bond acceptors (Lipinski definition) is 4. The molecule has 7 heteroatoms. The maximum atomic E-state index is 12.4. The summed E-state index contributed by atoms with van der Waals surface area (Å²) in [6, 6.07) is 5.62. The molecule has 0 N–H and O–H groups in total. The number of carbonyl (C=O) groups is 1. The average molecular weight is 296 g/mol. The van der Waals surface area contributed by atoms with Gasteiger partial charge in [0.2, 0.25) is 0 Å². The fourth-order valence-electron chi connectivity index (χ4n) is 1.73. The lowest BCUT2D eigenvalue weighted by molar-refractivity contribution is -0.384. The fraction of sp³-hybridized carbons (Fsp3) is 0.385. The van der Waals surface area contributed by atoms with Crippen molar-refractivity contribution < 1.29 is 9.72 Å². The van der Waals surface area contributed by atoms with E-state index in [1.807, 2.05) is 19.9 Å². The SMILES string of the molecule is CC(C)N(CCC#N)C(=O)c1cc(Cl)cc([N+](=O)[O-])c1. The molecule has 0 heterocycles. The first-order chi connectivity index (χ1) is 9.36. The van der Waals surface area contributed by atoms with Crippen molar-refractivity contribution in [2.75, 3.05) is 6.54 Å². The third-order valence-electron chi connectivity index (χ3n) is 2.69. The Labute approximate surface area is 121 Å². The maximum absolute atomic E-state index is 12.4. The highest BCUT2D eigenvalue weighted by molar-refractivity contribution is 6.31. The summed E-state index contributed by atoms with van der Waals surface area (Å²) in [4.78, 5) is 24.0. The van der Waals surface area contributed by atoms with E-state index in [9.17, 15) is 14.9 Å². The van der Waals surface area contributed by atoms with Crippen LogP contribution in [0.3, 0.4) is 0 Å². The minimum atomic E-state index is -0.600. The van der Waals surface area contributed by atoms with E-state index >= 15 is 0 Å². The molecule has 106 valence electrons. The number of benzene rings is 1. The van der Waals surface area contributed by atoms with Gasteiger partial charge in [-0.15, -0.1) is 0 Å². The van der Waals surface area contributed by atoms with E-state index in [-0.39, 0.29) is 41.2 Å². The molecule has 0 fully saturated rings. The Morgan fingerprint density at radius 3 is 2.65 bits per heavy atom. The van der Waals surface area contributed by atoms with E-state index in [1.54, 1.807) is 0 Å². The van der Waals surface area contributed by atoms with Crippen LogP contribution in [-0.4, -0.2) is 28.3 Å². The van der Waals surface area contributed by atoms with Crippen LogP contribution in [0.5, 0.6) is 0 Å². The van der Waals surface area contributed by atoms with Crippen molar-refractivity contribution in [3.63, 3.8) is 0 Å². The number of nitro benzene ring substituents is 1. The van der Waals surface area contributed by atoms with Gasteiger partial charge in [0.05, 0.1) is 17.4 Å². The van der Waals surface area contributed by atoms with E-state index < -0.39 is 4.92 Å². The molecular formula is C13H14ClN3O3. The molecule has 0 bridgehead atoms. The van der Waals surface area contributed by atoms with Crippen molar-refractivity contribution in [3.05, 3.63) is 38.9 Å². The number of halogens is 1. The lowest BCUT2D eigenvalue weighted by Gasteiger charge is -2.25. The summed E-state index contributed by atoms with van der Waals surface area (Å²) in [6.07, 6.45) is 0.201. The third kappa shape index (κ3) is 3.93. The van der Waals surface area contributed by atoms with Crippen LogP contribution >= 0.6 is 11.6 Å². The second kappa shape index (κ2) is 6.87. The largest absolute Gasteiger partial charge is 0.335 e.